The summed E-state index contributed by atoms with van der Waals surface area (Å²) in [7, 11) is 1.49. The van der Waals surface area contributed by atoms with E-state index in [0.717, 1.165) is 4.47 Å². The van der Waals surface area contributed by atoms with Gasteiger partial charge >= 0.3 is 0 Å². The largest absolute Gasteiger partial charge is 0.493 e. The lowest BCUT2D eigenvalue weighted by Gasteiger charge is -2.12. The molecule has 0 saturated heterocycles. The number of amides is 1. The molecule has 2 aromatic carbocycles. The number of hydrogen-bond acceptors (Lipinski definition) is 4. The van der Waals surface area contributed by atoms with E-state index in [2.05, 4.69) is 43.1 Å². The highest BCUT2D eigenvalue weighted by atomic mass is 79.9. The van der Waals surface area contributed by atoms with Crippen molar-refractivity contribution in [2.24, 2.45) is 0 Å². The molecule has 0 radical (unpaired) electrons. The topological polar surface area (TPSA) is 71.3 Å². The minimum absolute atomic E-state index is 0.0544. The number of halogens is 2. The zero-order valence-electron chi connectivity index (χ0n) is 14.3. The number of terminal acetylenes is 1. The van der Waals surface area contributed by atoms with Crippen LogP contribution >= 0.6 is 31.9 Å². The van der Waals surface area contributed by atoms with Gasteiger partial charge in [0, 0.05) is 10.2 Å². The molecule has 7 heteroatoms. The molecule has 2 aromatic rings. The van der Waals surface area contributed by atoms with E-state index in [-0.39, 0.29) is 12.2 Å². The molecule has 2 rings (SSSR count). The van der Waals surface area contributed by atoms with Crippen molar-refractivity contribution in [3.05, 3.63) is 56.5 Å². The van der Waals surface area contributed by atoms with Crippen molar-refractivity contribution in [3.63, 3.8) is 0 Å². The van der Waals surface area contributed by atoms with E-state index in [0.29, 0.717) is 27.2 Å². The summed E-state index contributed by atoms with van der Waals surface area (Å²) in [4.78, 5) is 12.4. The molecule has 0 aromatic heterocycles. The molecular formula is C20H14Br2N2O3. The van der Waals surface area contributed by atoms with Gasteiger partial charge in [0.2, 0.25) is 0 Å². The average molecular weight is 490 g/mol. The van der Waals surface area contributed by atoms with Crippen LogP contribution in [0.4, 0.5) is 5.69 Å². The molecule has 0 bridgehead atoms. The van der Waals surface area contributed by atoms with Crippen molar-refractivity contribution in [1.82, 2.24) is 0 Å². The van der Waals surface area contributed by atoms with Crippen LogP contribution in [-0.4, -0.2) is 19.6 Å². The first-order valence-corrected chi connectivity index (χ1v) is 9.19. The zero-order chi connectivity index (χ0) is 19.8. The van der Waals surface area contributed by atoms with Gasteiger partial charge in [-0.3, -0.25) is 4.79 Å². The van der Waals surface area contributed by atoms with Gasteiger partial charge in [-0.2, -0.15) is 5.26 Å². The molecule has 0 saturated carbocycles. The molecule has 0 aliphatic heterocycles. The molecule has 0 atom stereocenters. The number of rotatable bonds is 6. The average Bonchev–Trinajstić information content (AvgIpc) is 2.64. The van der Waals surface area contributed by atoms with Gasteiger partial charge in [0.1, 0.15) is 18.2 Å². The standard InChI is InChI=1S/C20H14Br2N2O3/c1-3-7-27-19-17(22)9-13(10-18(19)26-2)8-14(12-23)20(25)24-16-6-4-5-15(21)11-16/h1,4-6,8-11H,7H2,2H3,(H,24,25)/b14-8-. The number of carbonyl (C=O) groups excluding carboxylic acids is 1. The van der Waals surface area contributed by atoms with E-state index >= 15 is 0 Å². The lowest BCUT2D eigenvalue weighted by Crippen LogP contribution is -2.13. The molecule has 0 fully saturated rings. The van der Waals surface area contributed by atoms with E-state index in [9.17, 15) is 10.1 Å². The maximum absolute atomic E-state index is 12.4. The number of nitrogens with zero attached hydrogens (tertiary/aromatic N) is 1. The number of hydrogen-bond donors (Lipinski definition) is 1. The van der Waals surface area contributed by atoms with Gasteiger partial charge < -0.3 is 14.8 Å². The molecule has 27 heavy (non-hydrogen) atoms. The SMILES string of the molecule is C#CCOc1c(Br)cc(/C=C(/C#N)C(=O)Nc2cccc(Br)c2)cc1OC. The van der Waals surface area contributed by atoms with Crippen molar-refractivity contribution in [2.45, 2.75) is 0 Å². The molecule has 0 spiro atoms. The Balaban J connectivity index is 2.31. The molecule has 0 heterocycles. The minimum Gasteiger partial charge on any atom is -0.493 e. The lowest BCUT2D eigenvalue weighted by atomic mass is 10.1. The predicted molar refractivity (Wildman–Crippen MR) is 111 cm³/mol. The highest BCUT2D eigenvalue weighted by Gasteiger charge is 2.14. The Bertz CT molecular complexity index is 972. The molecule has 5 nitrogen and oxygen atoms in total. The van der Waals surface area contributed by atoms with E-state index in [4.69, 9.17) is 15.9 Å². The number of carbonyl (C=O) groups is 1. The summed E-state index contributed by atoms with van der Waals surface area (Å²) in [5.74, 6) is 2.74. The summed E-state index contributed by atoms with van der Waals surface area (Å²) >= 11 is 6.72. The highest BCUT2D eigenvalue weighted by molar-refractivity contribution is 9.10. The van der Waals surface area contributed by atoms with E-state index in [1.54, 1.807) is 30.3 Å². The fraction of sp³-hybridized carbons (Fsp3) is 0.100. The first kappa shape index (κ1) is 20.6. The Morgan fingerprint density at radius 1 is 1.33 bits per heavy atom. The Hall–Kier alpha value is -2.74. The number of methoxy groups -OCH3 is 1. The first-order chi connectivity index (χ1) is 13.0. The quantitative estimate of drug-likeness (QED) is 0.360. The van der Waals surface area contributed by atoms with Crippen LogP contribution in [-0.2, 0) is 4.79 Å². The van der Waals surface area contributed by atoms with Crippen LogP contribution in [0.25, 0.3) is 6.08 Å². The van der Waals surface area contributed by atoms with E-state index in [1.807, 2.05) is 12.1 Å². The van der Waals surface area contributed by atoms with E-state index < -0.39 is 5.91 Å². The van der Waals surface area contributed by atoms with Gasteiger partial charge in [-0.25, -0.2) is 0 Å². The van der Waals surface area contributed by atoms with Crippen molar-refractivity contribution < 1.29 is 14.3 Å². The van der Waals surface area contributed by atoms with Crippen molar-refractivity contribution in [3.8, 4) is 29.9 Å². The molecule has 0 unspecified atom stereocenters. The maximum Gasteiger partial charge on any atom is 0.266 e. The summed E-state index contributed by atoms with van der Waals surface area (Å²) in [5.41, 5.74) is 1.11. The fourth-order valence-corrected chi connectivity index (χ4v) is 3.13. The monoisotopic (exact) mass is 488 g/mol. The Morgan fingerprint density at radius 3 is 2.74 bits per heavy atom. The number of anilines is 1. The second-order valence-electron chi connectivity index (χ2n) is 5.16. The van der Waals surface area contributed by atoms with Gasteiger partial charge in [-0.1, -0.05) is 27.9 Å². The zero-order valence-corrected chi connectivity index (χ0v) is 17.4. The van der Waals surface area contributed by atoms with Gasteiger partial charge in [-0.05, 0) is 57.9 Å². The summed E-state index contributed by atoms with van der Waals surface area (Å²) in [6, 6.07) is 12.4. The molecule has 1 N–H and O–H groups in total. The Kier molecular flexibility index (Phi) is 7.48. The Labute approximate surface area is 174 Å². The molecule has 136 valence electrons. The van der Waals surface area contributed by atoms with E-state index in [1.165, 1.54) is 13.2 Å². The third kappa shape index (κ3) is 5.62. The third-order valence-electron chi connectivity index (χ3n) is 3.31. The summed E-state index contributed by atoms with van der Waals surface area (Å²) in [6.45, 7) is 0.0859. The van der Waals surface area contributed by atoms with Gasteiger partial charge in [0.05, 0.1) is 11.6 Å². The first-order valence-electron chi connectivity index (χ1n) is 7.61. The molecule has 1 amide bonds. The predicted octanol–water partition coefficient (Wildman–Crippen LogP) is 4.78. The molecule has 0 aliphatic rings. The second kappa shape index (κ2) is 9.82. The van der Waals surface area contributed by atoms with Crippen LogP contribution < -0.4 is 14.8 Å². The van der Waals surface area contributed by atoms with Crippen LogP contribution in [0.3, 0.4) is 0 Å². The van der Waals surface area contributed by atoms with Crippen LogP contribution in [0.15, 0.2) is 50.9 Å². The third-order valence-corrected chi connectivity index (χ3v) is 4.39. The normalized spacial score (nSPS) is 10.5. The van der Waals surface area contributed by atoms with Gasteiger partial charge in [0.25, 0.3) is 5.91 Å². The number of ether oxygens (including phenoxy) is 2. The highest BCUT2D eigenvalue weighted by Crippen LogP contribution is 2.37. The maximum atomic E-state index is 12.4. The Morgan fingerprint density at radius 2 is 2.11 bits per heavy atom. The summed E-state index contributed by atoms with van der Waals surface area (Å²) in [5, 5.41) is 12.1. The van der Waals surface area contributed by atoms with Crippen molar-refractivity contribution >= 4 is 49.5 Å². The van der Waals surface area contributed by atoms with Gasteiger partial charge in [0.15, 0.2) is 11.5 Å². The van der Waals surface area contributed by atoms with Crippen LogP contribution in [0.1, 0.15) is 5.56 Å². The number of nitrogens with one attached hydrogen (secondary N) is 1. The van der Waals surface area contributed by atoms with Crippen molar-refractivity contribution in [2.75, 3.05) is 19.0 Å². The molecular weight excluding hydrogens is 476 g/mol. The fourth-order valence-electron chi connectivity index (χ4n) is 2.16. The summed E-state index contributed by atoms with van der Waals surface area (Å²) in [6.07, 6.45) is 6.68. The second-order valence-corrected chi connectivity index (χ2v) is 6.93. The molecule has 0 aliphatic carbocycles. The summed E-state index contributed by atoms with van der Waals surface area (Å²) < 4.78 is 12.2. The number of nitriles is 1. The van der Waals surface area contributed by atoms with Gasteiger partial charge in [-0.15, -0.1) is 6.42 Å². The number of benzene rings is 2. The lowest BCUT2D eigenvalue weighted by molar-refractivity contribution is -0.112. The minimum atomic E-state index is -0.515. The van der Waals surface area contributed by atoms with Crippen LogP contribution in [0.2, 0.25) is 0 Å². The van der Waals surface area contributed by atoms with Crippen LogP contribution in [0.5, 0.6) is 11.5 Å². The van der Waals surface area contributed by atoms with Crippen molar-refractivity contribution in [1.29, 1.82) is 5.26 Å². The smallest absolute Gasteiger partial charge is 0.266 e. The van der Waals surface area contributed by atoms with Crippen LogP contribution in [0, 0.1) is 23.7 Å².